The number of ether oxygens (including phenoxy) is 1. The molecule has 1 N–H and O–H groups in total. The second-order valence-corrected chi connectivity index (χ2v) is 6.47. The third-order valence-corrected chi connectivity index (χ3v) is 4.80. The number of pyridine rings is 1. The number of halogens is 1. The summed E-state index contributed by atoms with van der Waals surface area (Å²) in [6.07, 6.45) is 3.88. The summed E-state index contributed by atoms with van der Waals surface area (Å²) in [5, 5.41) is 3.00. The van der Waals surface area contributed by atoms with Crippen molar-refractivity contribution < 1.29 is 13.9 Å². The zero-order valence-corrected chi connectivity index (χ0v) is 14.5. The van der Waals surface area contributed by atoms with Crippen LogP contribution in [0.5, 0.6) is 0 Å². The number of aromatic nitrogens is 1. The van der Waals surface area contributed by atoms with Gasteiger partial charge in [-0.2, -0.15) is 0 Å². The van der Waals surface area contributed by atoms with Crippen molar-refractivity contribution in [1.82, 2.24) is 10.3 Å². The van der Waals surface area contributed by atoms with Gasteiger partial charge in [-0.3, -0.25) is 9.78 Å². The molecule has 0 saturated heterocycles. The average molecular weight is 342 g/mol. The van der Waals surface area contributed by atoms with Gasteiger partial charge in [0.25, 0.3) is 0 Å². The summed E-state index contributed by atoms with van der Waals surface area (Å²) in [5.74, 6) is -0.670. The van der Waals surface area contributed by atoms with E-state index in [-0.39, 0.29) is 23.7 Å². The lowest BCUT2D eigenvalue weighted by atomic mass is 9.86. The van der Waals surface area contributed by atoms with Gasteiger partial charge < -0.3 is 10.1 Å². The molecule has 3 atom stereocenters. The maximum absolute atomic E-state index is 14.1. The van der Waals surface area contributed by atoms with Gasteiger partial charge in [-0.25, -0.2) is 4.39 Å². The predicted octanol–water partition coefficient (Wildman–Crippen LogP) is 3.53. The number of carbonyl (C=O) groups excluding carboxylic acids is 1. The van der Waals surface area contributed by atoms with Crippen LogP contribution < -0.4 is 5.32 Å². The van der Waals surface area contributed by atoms with Gasteiger partial charge in [-0.05, 0) is 43.9 Å². The Morgan fingerprint density at radius 2 is 2.12 bits per heavy atom. The molecule has 1 aromatic carbocycles. The number of rotatable bonds is 5. The zero-order chi connectivity index (χ0) is 17.8. The van der Waals surface area contributed by atoms with Gasteiger partial charge in [0.05, 0.1) is 17.7 Å². The van der Waals surface area contributed by atoms with E-state index in [1.807, 2.05) is 19.1 Å². The van der Waals surface area contributed by atoms with Gasteiger partial charge in [0.15, 0.2) is 0 Å². The van der Waals surface area contributed by atoms with Crippen LogP contribution in [-0.2, 0) is 16.0 Å². The number of fused-ring (bicyclic) bond motifs is 1. The molecule has 3 unspecified atom stereocenters. The molecule has 0 aliphatic heterocycles. The van der Waals surface area contributed by atoms with Crippen LogP contribution >= 0.6 is 0 Å². The van der Waals surface area contributed by atoms with E-state index in [0.717, 1.165) is 30.5 Å². The molecule has 132 valence electrons. The van der Waals surface area contributed by atoms with Crippen molar-refractivity contribution in [2.45, 2.75) is 44.2 Å². The van der Waals surface area contributed by atoms with Gasteiger partial charge >= 0.3 is 0 Å². The fourth-order valence-corrected chi connectivity index (χ4v) is 3.57. The lowest BCUT2D eigenvalue weighted by Crippen LogP contribution is -2.41. The van der Waals surface area contributed by atoms with E-state index >= 15 is 0 Å². The van der Waals surface area contributed by atoms with E-state index in [0.29, 0.717) is 5.56 Å². The summed E-state index contributed by atoms with van der Waals surface area (Å²) in [5.41, 5.74) is 2.44. The number of nitrogens with zero attached hydrogens (tertiary/aromatic N) is 1. The van der Waals surface area contributed by atoms with Crippen LogP contribution in [0.4, 0.5) is 4.39 Å². The van der Waals surface area contributed by atoms with Crippen molar-refractivity contribution in [3.63, 3.8) is 0 Å². The first-order chi connectivity index (χ1) is 12.1. The average Bonchev–Trinajstić information content (AvgIpc) is 2.63. The Labute approximate surface area is 147 Å². The van der Waals surface area contributed by atoms with Gasteiger partial charge in [0, 0.05) is 18.9 Å². The Hall–Kier alpha value is -2.27. The fourth-order valence-electron chi connectivity index (χ4n) is 3.57. The quantitative estimate of drug-likeness (QED) is 0.904. The highest BCUT2D eigenvalue weighted by Gasteiger charge is 2.30. The first-order valence-electron chi connectivity index (χ1n) is 8.63. The summed E-state index contributed by atoms with van der Waals surface area (Å²) in [7, 11) is 1.53. The normalized spacial score (nSPS) is 18.9. The van der Waals surface area contributed by atoms with Crippen LogP contribution in [0.2, 0.25) is 0 Å². The molecule has 0 radical (unpaired) electrons. The molecule has 1 aliphatic carbocycles. The number of methoxy groups -OCH3 is 1. The third-order valence-electron chi connectivity index (χ3n) is 4.80. The molecular formula is C20H23FN2O2. The molecule has 0 bridgehead atoms. The maximum Gasteiger partial charge on any atom is 0.229 e. The van der Waals surface area contributed by atoms with E-state index in [9.17, 15) is 9.18 Å². The highest BCUT2D eigenvalue weighted by atomic mass is 19.1. The van der Waals surface area contributed by atoms with E-state index in [1.165, 1.54) is 13.2 Å². The fraction of sp³-hybridized carbons (Fsp3) is 0.400. The molecule has 0 fully saturated rings. The summed E-state index contributed by atoms with van der Waals surface area (Å²) in [4.78, 5) is 17.2. The number of benzene rings is 1. The van der Waals surface area contributed by atoms with Gasteiger partial charge in [0.1, 0.15) is 11.9 Å². The van der Waals surface area contributed by atoms with Crippen molar-refractivity contribution in [1.29, 1.82) is 0 Å². The van der Waals surface area contributed by atoms with Crippen molar-refractivity contribution in [2.75, 3.05) is 7.11 Å². The Balaban J connectivity index is 1.75. The number of hydrogen-bond acceptors (Lipinski definition) is 3. The molecule has 4 nitrogen and oxygen atoms in total. The largest absolute Gasteiger partial charge is 0.375 e. The van der Waals surface area contributed by atoms with Gasteiger partial charge in [-0.1, -0.05) is 24.3 Å². The van der Waals surface area contributed by atoms with Crippen LogP contribution in [0.1, 0.15) is 48.6 Å². The van der Waals surface area contributed by atoms with Gasteiger partial charge in [0.2, 0.25) is 5.91 Å². The smallest absolute Gasteiger partial charge is 0.229 e. The molecule has 0 saturated carbocycles. The first kappa shape index (κ1) is 17.5. The molecule has 0 spiro atoms. The second-order valence-electron chi connectivity index (χ2n) is 6.47. The summed E-state index contributed by atoms with van der Waals surface area (Å²) in [6.45, 7) is 1.83. The maximum atomic E-state index is 14.1. The van der Waals surface area contributed by atoms with Crippen molar-refractivity contribution in [3.05, 3.63) is 65.2 Å². The Bertz CT molecular complexity index is 750. The molecule has 2 aromatic rings. The summed E-state index contributed by atoms with van der Waals surface area (Å²) < 4.78 is 19.5. The minimum atomic E-state index is -0.544. The standard InChI is InChI=1S/C20H23FN2O2/c1-13(19(25-2)15-9-3-4-11-17(15)21)23-20(24)16-10-5-7-14-8-6-12-22-18(14)16/h3-4,6,8-9,11-13,16,19H,5,7,10H2,1-2H3,(H,23,24). The number of amides is 1. The highest BCUT2D eigenvalue weighted by molar-refractivity contribution is 5.84. The molecule has 1 aliphatic rings. The molecule has 1 heterocycles. The van der Waals surface area contributed by atoms with Crippen LogP contribution in [-0.4, -0.2) is 24.0 Å². The van der Waals surface area contributed by atoms with E-state index in [1.54, 1.807) is 24.4 Å². The SMILES string of the molecule is COC(c1ccccc1F)C(C)NC(=O)C1CCCc2cccnc21. The van der Waals surface area contributed by atoms with Gasteiger partial charge in [-0.15, -0.1) is 0 Å². The van der Waals surface area contributed by atoms with Crippen LogP contribution in [0.3, 0.4) is 0 Å². The number of carbonyl (C=O) groups is 1. The molecular weight excluding hydrogens is 319 g/mol. The molecule has 5 heteroatoms. The van der Waals surface area contributed by atoms with Crippen molar-refractivity contribution in [3.8, 4) is 0 Å². The minimum absolute atomic E-state index is 0.0782. The molecule has 1 amide bonds. The summed E-state index contributed by atoms with van der Waals surface area (Å²) in [6, 6.07) is 10.1. The van der Waals surface area contributed by atoms with Crippen molar-refractivity contribution >= 4 is 5.91 Å². The Morgan fingerprint density at radius 3 is 2.88 bits per heavy atom. The monoisotopic (exact) mass is 342 g/mol. The molecule has 1 aromatic heterocycles. The van der Waals surface area contributed by atoms with E-state index in [2.05, 4.69) is 10.3 Å². The first-order valence-corrected chi connectivity index (χ1v) is 8.63. The zero-order valence-electron chi connectivity index (χ0n) is 14.5. The van der Waals surface area contributed by atoms with Crippen LogP contribution in [0, 0.1) is 5.82 Å². The topological polar surface area (TPSA) is 51.2 Å². The Kier molecular flexibility index (Phi) is 5.43. The number of aryl methyl sites for hydroxylation is 1. The lowest BCUT2D eigenvalue weighted by Gasteiger charge is -2.28. The highest BCUT2D eigenvalue weighted by Crippen LogP contribution is 2.31. The lowest BCUT2D eigenvalue weighted by molar-refractivity contribution is -0.124. The molecule has 3 rings (SSSR count). The number of nitrogens with one attached hydrogen (secondary N) is 1. The number of hydrogen-bond donors (Lipinski definition) is 1. The van der Waals surface area contributed by atoms with Crippen LogP contribution in [0.15, 0.2) is 42.6 Å². The van der Waals surface area contributed by atoms with E-state index in [4.69, 9.17) is 4.74 Å². The van der Waals surface area contributed by atoms with Crippen molar-refractivity contribution in [2.24, 2.45) is 0 Å². The van der Waals surface area contributed by atoms with Crippen LogP contribution in [0.25, 0.3) is 0 Å². The van der Waals surface area contributed by atoms with E-state index < -0.39 is 6.10 Å². The molecule has 25 heavy (non-hydrogen) atoms. The summed E-state index contributed by atoms with van der Waals surface area (Å²) >= 11 is 0. The minimum Gasteiger partial charge on any atom is -0.375 e. The third kappa shape index (κ3) is 3.71. The predicted molar refractivity (Wildman–Crippen MR) is 93.7 cm³/mol. The second kappa shape index (κ2) is 7.74. The Morgan fingerprint density at radius 1 is 1.32 bits per heavy atom.